The van der Waals surface area contributed by atoms with Gasteiger partial charge in [-0.3, -0.25) is 30.3 Å². The van der Waals surface area contributed by atoms with Gasteiger partial charge in [0.1, 0.15) is 0 Å². The highest BCUT2D eigenvalue weighted by Gasteiger charge is 2.56. The Bertz CT molecular complexity index is 338. The van der Waals surface area contributed by atoms with Crippen LogP contribution in [0.5, 0.6) is 0 Å². The number of hydrogen-bond donors (Lipinski definition) is 1. The summed E-state index contributed by atoms with van der Waals surface area (Å²) in [4.78, 5) is 29.2. The second kappa shape index (κ2) is 5.21. The highest BCUT2D eigenvalue weighted by Crippen LogP contribution is 2.31. The lowest BCUT2D eigenvalue weighted by atomic mass is 9.75. The zero-order valence-electron chi connectivity index (χ0n) is 10.2. The summed E-state index contributed by atoms with van der Waals surface area (Å²) in [6, 6.07) is -1.82. The molecule has 10 heteroatoms. The summed E-state index contributed by atoms with van der Waals surface area (Å²) in [5, 5.41) is 41.7. The number of nitro groups is 3. The van der Waals surface area contributed by atoms with Crippen LogP contribution in [-0.4, -0.2) is 44.6 Å². The van der Waals surface area contributed by atoms with E-state index >= 15 is 0 Å². The Morgan fingerprint density at radius 1 is 1.00 bits per heavy atom. The minimum atomic E-state index is -2.27. The van der Waals surface area contributed by atoms with Crippen LogP contribution in [-0.2, 0) is 0 Å². The summed E-state index contributed by atoms with van der Waals surface area (Å²) in [6.45, 7) is 1.55. The smallest absolute Gasteiger partial charge is 0.258 e. The molecule has 2 atom stereocenters. The first-order chi connectivity index (χ1) is 7.90. The minimum absolute atomic E-state index is 0.751. The molecule has 0 rings (SSSR count). The van der Waals surface area contributed by atoms with Crippen molar-refractivity contribution in [3.8, 4) is 0 Å². The van der Waals surface area contributed by atoms with Gasteiger partial charge in [-0.05, 0) is 20.8 Å². The van der Waals surface area contributed by atoms with Crippen molar-refractivity contribution in [3.05, 3.63) is 30.3 Å². The Morgan fingerprint density at radius 3 is 1.67 bits per heavy atom. The molecule has 0 aliphatic carbocycles. The van der Waals surface area contributed by atoms with E-state index in [1.165, 1.54) is 13.8 Å². The highest BCUT2D eigenvalue weighted by atomic mass is 16.6. The third-order valence-electron chi connectivity index (χ3n) is 2.53. The van der Waals surface area contributed by atoms with Gasteiger partial charge < -0.3 is 5.11 Å². The first-order valence-electron chi connectivity index (χ1n) is 4.99. The van der Waals surface area contributed by atoms with E-state index in [-0.39, 0.29) is 0 Å². The third-order valence-corrected chi connectivity index (χ3v) is 2.53. The lowest BCUT2D eigenvalue weighted by molar-refractivity contribution is -0.601. The molecule has 0 heterocycles. The maximum Gasteiger partial charge on any atom is 0.258 e. The van der Waals surface area contributed by atoms with Gasteiger partial charge in [-0.25, -0.2) is 0 Å². The second-order valence-electron chi connectivity index (χ2n) is 5.02. The summed E-state index contributed by atoms with van der Waals surface area (Å²) >= 11 is 0. The Balaban J connectivity index is 5.36. The fraction of sp³-hybridized carbons (Fsp3) is 1.00. The van der Waals surface area contributed by atoms with Crippen LogP contribution in [0.1, 0.15) is 20.8 Å². The fourth-order valence-electron chi connectivity index (χ4n) is 2.12. The fourth-order valence-corrected chi connectivity index (χ4v) is 2.12. The van der Waals surface area contributed by atoms with Crippen molar-refractivity contribution < 1.29 is 19.9 Å². The van der Waals surface area contributed by atoms with Crippen LogP contribution in [0, 0.1) is 35.8 Å². The topological polar surface area (TPSA) is 150 Å². The molecule has 0 amide bonds. The first-order valence-corrected chi connectivity index (χ1v) is 4.99. The molecule has 2 unspecified atom stereocenters. The van der Waals surface area contributed by atoms with E-state index in [1.807, 2.05) is 0 Å². The molecule has 0 fully saturated rings. The van der Waals surface area contributed by atoms with E-state index in [0.717, 1.165) is 6.92 Å². The van der Waals surface area contributed by atoms with Gasteiger partial charge in [0.25, 0.3) is 6.04 Å². The molecule has 0 aliphatic rings. The Kier molecular flexibility index (Phi) is 4.68. The lowest BCUT2D eigenvalue weighted by Gasteiger charge is -2.31. The molecular formula is C8H15N3O7. The Morgan fingerprint density at radius 2 is 1.39 bits per heavy atom. The molecule has 0 aliphatic heterocycles. The molecule has 0 aromatic heterocycles. The van der Waals surface area contributed by atoms with Gasteiger partial charge in [-0.1, -0.05) is 0 Å². The molecule has 0 radical (unpaired) electrons. The number of hydrogen-bond acceptors (Lipinski definition) is 7. The van der Waals surface area contributed by atoms with Crippen molar-refractivity contribution in [2.24, 2.45) is 5.41 Å². The van der Waals surface area contributed by atoms with Gasteiger partial charge >= 0.3 is 0 Å². The van der Waals surface area contributed by atoms with E-state index in [4.69, 9.17) is 0 Å². The molecule has 18 heavy (non-hydrogen) atoms. The molecule has 0 bridgehead atoms. The van der Waals surface area contributed by atoms with E-state index in [0.29, 0.717) is 0 Å². The summed E-state index contributed by atoms with van der Waals surface area (Å²) in [5.41, 5.74) is -3.79. The maximum absolute atomic E-state index is 11.0. The largest absolute Gasteiger partial charge is 0.377 e. The summed E-state index contributed by atoms with van der Waals surface area (Å²) in [6.07, 6.45) is 0. The second-order valence-corrected chi connectivity index (χ2v) is 5.02. The monoisotopic (exact) mass is 265 g/mol. The van der Waals surface area contributed by atoms with Crippen LogP contribution in [0.15, 0.2) is 0 Å². The van der Waals surface area contributed by atoms with Crippen LogP contribution in [0.3, 0.4) is 0 Å². The van der Waals surface area contributed by atoms with Crippen molar-refractivity contribution in [2.75, 3.05) is 13.1 Å². The molecule has 1 N–H and O–H groups in total. The standard InChI is InChI=1S/C8H15N3O7/c1-7(2,4-9(13)14)6(11(17)18)8(3,12)5-10(15)16/h6,12H,4-5H2,1-3H3. The summed E-state index contributed by atoms with van der Waals surface area (Å²) in [7, 11) is 0. The number of rotatable bonds is 7. The van der Waals surface area contributed by atoms with E-state index in [2.05, 4.69) is 0 Å². The average Bonchev–Trinajstić information content (AvgIpc) is 1.92. The number of nitrogens with zero attached hydrogens (tertiary/aromatic N) is 3. The highest BCUT2D eigenvalue weighted by molar-refractivity contribution is 4.92. The zero-order chi connectivity index (χ0) is 14.7. The van der Waals surface area contributed by atoms with Crippen molar-refractivity contribution in [2.45, 2.75) is 32.4 Å². The van der Waals surface area contributed by atoms with Crippen LogP contribution >= 0.6 is 0 Å². The Labute approximate surface area is 102 Å². The van der Waals surface area contributed by atoms with Crippen LogP contribution in [0.2, 0.25) is 0 Å². The lowest BCUT2D eigenvalue weighted by Crippen LogP contribution is -2.58. The van der Waals surface area contributed by atoms with Crippen molar-refractivity contribution >= 4 is 0 Å². The van der Waals surface area contributed by atoms with Crippen molar-refractivity contribution in [1.82, 2.24) is 0 Å². The summed E-state index contributed by atoms with van der Waals surface area (Å²) in [5.74, 6) is 0. The molecule has 0 aromatic rings. The predicted octanol–water partition coefficient (Wildman–Crippen LogP) is -0.0377. The third kappa shape index (κ3) is 4.20. The van der Waals surface area contributed by atoms with E-state index in [1.54, 1.807) is 0 Å². The van der Waals surface area contributed by atoms with Gasteiger partial charge in [-0.2, -0.15) is 0 Å². The van der Waals surface area contributed by atoms with Gasteiger partial charge in [0.2, 0.25) is 13.1 Å². The quantitative estimate of drug-likeness (QED) is 0.501. The maximum atomic E-state index is 11.0. The molecule has 0 spiro atoms. The van der Waals surface area contributed by atoms with Crippen molar-refractivity contribution in [1.29, 1.82) is 0 Å². The van der Waals surface area contributed by atoms with Crippen LogP contribution in [0.4, 0.5) is 0 Å². The van der Waals surface area contributed by atoms with Crippen LogP contribution in [0.25, 0.3) is 0 Å². The molecule has 10 nitrogen and oxygen atoms in total. The minimum Gasteiger partial charge on any atom is -0.377 e. The normalized spacial score (nSPS) is 16.7. The molecular weight excluding hydrogens is 250 g/mol. The average molecular weight is 265 g/mol. The molecule has 0 saturated carbocycles. The van der Waals surface area contributed by atoms with E-state index in [9.17, 15) is 35.4 Å². The number of aliphatic hydroxyl groups is 1. The molecule has 104 valence electrons. The Hall–Kier alpha value is -1.84. The first kappa shape index (κ1) is 16.2. The zero-order valence-corrected chi connectivity index (χ0v) is 10.2. The van der Waals surface area contributed by atoms with E-state index < -0.39 is 44.9 Å². The molecule has 0 aromatic carbocycles. The molecule has 0 saturated heterocycles. The van der Waals surface area contributed by atoms with Gasteiger partial charge in [0.15, 0.2) is 5.60 Å². The predicted molar refractivity (Wildman–Crippen MR) is 58.9 cm³/mol. The van der Waals surface area contributed by atoms with Gasteiger partial charge in [0, 0.05) is 14.8 Å². The van der Waals surface area contributed by atoms with Gasteiger partial charge in [0.05, 0.1) is 5.41 Å². The van der Waals surface area contributed by atoms with Crippen molar-refractivity contribution in [3.63, 3.8) is 0 Å². The van der Waals surface area contributed by atoms with Crippen LogP contribution < -0.4 is 0 Å². The summed E-state index contributed by atoms with van der Waals surface area (Å²) < 4.78 is 0. The SMILES string of the molecule is CC(C)(C[N+](=O)[O-])C([N+](=O)[O-])C(C)(O)C[N+](=O)[O-]. The van der Waals surface area contributed by atoms with Gasteiger partial charge in [-0.15, -0.1) is 0 Å².